The van der Waals surface area contributed by atoms with Gasteiger partial charge in [0.05, 0.1) is 16.8 Å². The smallest absolute Gasteiger partial charge is 0.272 e. The molecule has 0 atom stereocenters. The summed E-state index contributed by atoms with van der Waals surface area (Å²) in [6, 6.07) is 2.71. The Morgan fingerprint density at radius 1 is 1.40 bits per heavy atom. The molecule has 0 fully saturated rings. The molecular weight excluding hydrogens is 259 g/mol. The Bertz CT molecular complexity index is 777. The molecule has 1 aromatic heterocycles. The van der Waals surface area contributed by atoms with E-state index in [0.717, 1.165) is 35.4 Å². The van der Waals surface area contributed by atoms with E-state index in [0.29, 0.717) is 17.6 Å². The highest BCUT2D eigenvalue weighted by Gasteiger charge is 2.30. The molecule has 6 heteroatoms. The van der Waals surface area contributed by atoms with Crippen LogP contribution in [0.5, 0.6) is 0 Å². The predicted molar refractivity (Wildman–Crippen MR) is 73.2 cm³/mol. The summed E-state index contributed by atoms with van der Waals surface area (Å²) in [7, 11) is 0. The molecule has 5 nitrogen and oxygen atoms in total. The molecule has 1 aromatic carbocycles. The summed E-state index contributed by atoms with van der Waals surface area (Å²) in [5.74, 6) is -0.779. The lowest BCUT2D eigenvalue weighted by molar-refractivity contribution is 0.0956. The van der Waals surface area contributed by atoms with Gasteiger partial charge in [-0.05, 0) is 18.7 Å². The van der Waals surface area contributed by atoms with E-state index < -0.39 is 5.82 Å². The molecule has 4 rings (SSSR count). The topological polar surface area (TPSA) is 60.5 Å². The summed E-state index contributed by atoms with van der Waals surface area (Å²) in [6.45, 7) is 4.42. The number of carbonyl (C=O) groups excluding carboxylic acids is 1. The number of halogens is 1. The number of aromatic amines is 1. The fraction of sp³-hybridized carbons (Fsp3) is 0.286. The Morgan fingerprint density at radius 2 is 2.25 bits per heavy atom. The van der Waals surface area contributed by atoms with E-state index >= 15 is 0 Å². The van der Waals surface area contributed by atoms with E-state index in [9.17, 15) is 9.18 Å². The number of nitrogens with one attached hydrogen (secondary N) is 2. The van der Waals surface area contributed by atoms with E-state index in [4.69, 9.17) is 0 Å². The van der Waals surface area contributed by atoms with Crippen molar-refractivity contribution in [2.45, 2.75) is 13.5 Å². The SMILES string of the molecule is CCN1CC2=NNC(=O)c3cc(F)cc4[nH]c(c2c34)C1. The highest BCUT2D eigenvalue weighted by Crippen LogP contribution is 2.32. The van der Waals surface area contributed by atoms with Crippen molar-refractivity contribution in [2.75, 3.05) is 13.1 Å². The zero-order chi connectivity index (χ0) is 13.9. The number of H-pyrrole nitrogens is 1. The van der Waals surface area contributed by atoms with Gasteiger partial charge in [0.15, 0.2) is 0 Å². The predicted octanol–water partition coefficient (Wildman–Crippen LogP) is 1.59. The number of benzene rings is 1. The highest BCUT2D eigenvalue weighted by molar-refractivity contribution is 6.21. The van der Waals surface area contributed by atoms with Gasteiger partial charge < -0.3 is 4.98 Å². The summed E-state index contributed by atoms with van der Waals surface area (Å²) in [5, 5.41) is 4.99. The van der Waals surface area contributed by atoms with Crippen molar-refractivity contribution in [1.82, 2.24) is 15.3 Å². The first-order valence-corrected chi connectivity index (χ1v) is 6.61. The highest BCUT2D eigenvalue weighted by atomic mass is 19.1. The number of amides is 1. The van der Waals surface area contributed by atoms with Crippen LogP contribution in [-0.2, 0) is 6.54 Å². The molecule has 0 aliphatic carbocycles. The molecule has 0 saturated carbocycles. The number of hydrogen-bond donors (Lipinski definition) is 2. The number of hydrazone groups is 1. The van der Waals surface area contributed by atoms with Crippen LogP contribution in [0.3, 0.4) is 0 Å². The van der Waals surface area contributed by atoms with Crippen molar-refractivity contribution in [3.63, 3.8) is 0 Å². The zero-order valence-corrected chi connectivity index (χ0v) is 11.0. The van der Waals surface area contributed by atoms with Crippen LogP contribution in [0.2, 0.25) is 0 Å². The van der Waals surface area contributed by atoms with Crippen LogP contribution in [0, 0.1) is 5.82 Å². The Labute approximate surface area is 114 Å². The van der Waals surface area contributed by atoms with Crippen LogP contribution >= 0.6 is 0 Å². The van der Waals surface area contributed by atoms with Gasteiger partial charge in [0.25, 0.3) is 5.91 Å². The average molecular weight is 272 g/mol. The Hall–Kier alpha value is -2.21. The molecule has 102 valence electrons. The quantitative estimate of drug-likeness (QED) is 0.828. The van der Waals surface area contributed by atoms with Crippen molar-refractivity contribution in [2.24, 2.45) is 5.10 Å². The van der Waals surface area contributed by atoms with Gasteiger partial charge in [0.1, 0.15) is 5.82 Å². The Morgan fingerprint density at radius 3 is 3.05 bits per heavy atom. The summed E-state index contributed by atoms with van der Waals surface area (Å²) in [5.41, 5.74) is 6.31. The third-order valence-corrected chi connectivity index (χ3v) is 3.97. The molecular formula is C14H13FN4O. The number of rotatable bonds is 1. The third-order valence-electron chi connectivity index (χ3n) is 3.97. The lowest BCUT2D eigenvalue weighted by atomic mass is 9.98. The van der Waals surface area contributed by atoms with Crippen LogP contribution in [-0.4, -0.2) is 34.6 Å². The maximum Gasteiger partial charge on any atom is 0.272 e. The fourth-order valence-electron chi connectivity index (χ4n) is 3.03. The molecule has 2 aliphatic rings. The van der Waals surface area contributed by atoms with E-state index in [2.05, 4.69) is 27.3 Å². The third kappa shape index (κ3) is 1.45. The minimum absolute atomic E-state index is 0.348. The molecule has 2 aliphatic heterocycles. The molecule has 0 radical (unpaired) electrons. The largest absolute Gasteiger partial charge is 0.357 e. The fourth-order valence-corrected chi connectivity index (χ4v) is 3.03. The van der Waals surface area contributed by atoms with Gasteiger partial charge in [-0.1, -0.05) is 6.92 Å². The summed E-state index contributed by atoms with van der Waals surface area (Å²) >= 11 is 0. The molecule has 0 bridgehead atoms. The summed E-state index contributed by atoms with van der Waals surface area (Å²) in [4.78, 5) is 17.5. The van der Waals surface area contributed by atoms with Crippen molar-refractivity contribution in [3.05, 3.63) is 34.8 Å². The molecule has 0 spiro atoms. The molecule has 0 unspecified atom stereocenters. The minimum Gasteiger partial charge on any atom is -0.357 e. The standard InChI is InChI=1S/C14H13FN4O/c1-2-19-5-10-13-11(6-19)17-18-14(20)8-3-7(15)4-9(16-10)12(8)13/h3-4,16H,2,5-6H2,1H3,(H,18,20). The lowest BCUT2D eigenvalue weighted by Gasteiger charge is -2.26. The molecule has 1 amide bonds. The zero-order valence-electron chi connectivity index (χ0n) is 11.0. The van der Waals surface area contributed by atoms with E-state index in [-0.39, 0.29) is 5.91 Å². The van der Waals surface area contributed by atoms with Crippen molar-refractivity contribution < 1.29 is 9.18 Å². The van der Waals surface area contributed by atoms with Gasteiger partial charge in [-0.15, -0.1) is 0 Å². The average Bonchev–Trinajstić information content (AvgIpc) is 2.73. The van der Waals surface area contributed by atoms with Crippen molar-refractivity contribution in [3.8, 4) is 0 Å². The Balaban J connectivity index is 2.09. The number of nitrogens with zero attached hydrogens (tertiary/aromatic N) is 2. The second-order valence-corrected chi connectivity index (χ2v) is 5.16. The van der Waals surface area contributed by atoms with Crippen LogP contribution in [0.25, 0.3) is 10.9 Å². The van der Waals surface area contributed by atoms with Crippen LogP contribution in [0.15, 0.2) is 17.2 Å². The summed E-state index contributed by atoms with van der Waals surface area (Å²) < 4.78 is 13.7. The van der Waals surface area contributed by atoms with Gasteiger partial charge in [-0.25, -0.2) is 9.82 Å². The van der Waals surface area contributed by atoms with E-state index in [1.54, 1.807) is 0 Å². The first kappa shape index (κ1) is 11.6. The maximum atomic E-state index is 13.7. The van der Waals surface area contributed by atoms with Gasteiger partial charge >= 0.3 is 0 Å². The van der Waals surface area contributed by atoms with Crippen molar-refractivity contribution >= 4 is 22.5 Å². The first-order chi connectivity index (χ1) is 9.67. The van der Waals surface area contributed by atoms with Crippen LogP contribution in [0.4, 0.5) is 4.39 Å². The molecule has 3 heterocycles. The van der Waals surface area contributed by atoms with Gasteiger partial charge in [-0.3, -0.25) is 9.69 Å². The minimum atomic E-state index is -0.419. The van der Waals surface area contributed by atoms with E-state index in [1.807, 2.05) is 0 Å². The Kier molecular flexibility index (Phi) is 2.26. The molecule has 0 saturated heterocycles. The van der Waals surface area contributed by atoms with Crippen molar-refractivity contribution in [1.29, 1.82) is 0 Å². The number of likely N-dealkylation sites (N-methyl/N-ethyl adjacent to an activating group) is 1. The molecule has 2 aromatic rings. The van der Waals surface area contributed by atoms with E-state index in [1.165, 1.54) is 12.1 Å². The van der Waals surface area contributed by atoms with Gasteiger partial charge in [0, 0.05) is 29.7 Å². The molecule has 20 heavy (non-hydrogen) atoms. The number of hydrogen-bond acceptors (Lipinski definition) is 3. The normalized spacial score (nSPS) is 17.9. The van der Waals surface area contributed by atoms with Gasteiger partial charge in [0.2, 0.25) is 0 Å². The number of aromatic nitrogens is 1. The van der Waals surface area contributed by atoms with Crippen LogP contribution < -0.4 is 5.43 Å². The second-order valence-electron chi connectivity index (χ2n) is 5.16. The maximum absolute atomic E-state index is 13.7. The second kappa shape index (κ2) is 3.89. The lowest BCUT2D eigenvalue weighted by Crippen LogP contribution is -2.35. The van der Waals surface area contributed by atoms with Gasteiger partial charge in [-0.2, -0.15) is 5.10 Å². The molecule has 2 N–H and O–H groups in total. The first-order valence-electron chi connectivity index (χ1n) is 6.61. The summed E-state index contributed by atoms with van der Waals surface area (Å²) in [6.07, 6.45) is 0. The number of carbonyl (C=O) groups is 1. The monoisotopic (exact) mass is 272 g/mol. The van der Waals surface area contributed by atoms with Crippen LogP contribution in [0.1, 0.15) is 28.5 Å².